The number of amides is 1. The molecule has 0 radical (unpaired) electrons. The fourth-order valence-electron chi connectivity index (χ4n) is 4.55. The summed E-state index contributed by atoms with van der Waals surface area (Å²) in [6, 6.07) is 4.18. The fourth-order valence-corrected chi connectivity index (χ4v) is 4.55. The minimum absolute atomic E-state index is 0.0275. The number of nitrogens with two attached hydrogens (primary N) is 1. The second-order valence-corrected chi connectivity index (χ2v) is 7.53. The van der Waals surface area contributed by atoms with Gasteiger partial charge >= 0.3 is 0 Å². The molecule has 0 bridgehead atoms. The van der Waals surface area contributed by atoms with Crippen LogP contribution < -0.4 is 11.2 Å². The number of carbonyl (C=O) groups excluding carboxylic acids is 1. The Morgan fingerprint density at radius 3 is 2.50 bits per heavy atom. The number of hydrogen-bond donors (Lipinski definition) is 2. The molecule has 1 saturated carbocycles. The predicted molar refractivity (Wildman–Crippen MR) is 102 cm³/mol. The largest absolute Gasteiger partial charge is 0.383 e. The van der Waals surface area contributed by atoms with E-state index in [1.165, 1.54) is 23.9 Å². The maximum atomic E-state index is 13.4. The predicted octanol–water partition coefficient (Wildman–Crippen LogP) is 3.63. The number of rotatable bonds is 2. The number of carbonyl (C=O) groups is 1. The summed E-state index contributed by atoms with van der Waals surface area (Å²) in [4.78, 5) is 21.8. The van der Waals surface area contributed by atoms with Gasteiger partial charge < -0.3 is 5.73 Å². The van der Waals surface area contributed by atoms with Gasteiger partial charge in [0, 0.05) is 5.56 Å². The number of hydrazine groups is 1. The molecule has 3 N–H and O–H groups in total. The maximum absolute atomic E-state index is 13.4. The first-order valence-electron chi connectivity index (χ1n) is 9.25. The number of nitrogens with zero attached hydrogens (tertiary/aromatic N) is 3. The van der Waals surface area contributed by atoms with E-state index in [-0.39, 0.29) is 11.4 Å². The summed E-state index contributed by atoms with van der Waals surface area (Å²) in [5.41, 5.74) is 14.0. The molecule has 4 rings (SSSR count). The van der Waals surface area contributed by atoms with E-state index in [0.29, 0.717) is 11.6 Å². The average molecular weight is 351 g/mol. The molecule has 0 atom stereocenters. The first-order valence-corrected chi connectivity index (χ1v) is 9.25. The zero-order chi connectivity index (χ0) is 18.5. The van der Waals surface area contributed by atoms with Crippen molar-refractivity contribution >= 4 is 17.5 Å². The monoisotopic (exact) mass is 351 g/mol. The van der Waals surface area contributed by atoms with E-state index in [2.05, 4.69) is 28.4 Å². The Labute approximate surface area is 153 Å². The van der Waals surface area contributed by atoms with Crippen LogP contribution in [0.25, 0.3) is 0 Å². The molecule has 2 heterocycles. The van der Waals surface area contributed by atoms with Crippen molar-refractivity contribution in [1.29, 1.82) is 0 Å². The lowest BCUT2D eigenvalue weighted by Crippen LogP contribution is -2.49. The second-order valence-electron chi connectivity index (χ2n) is 7.53. The Morgan fingerprint density at radius 2 is 1.77 bits per heavy atom. The molecule has 2 aromatic rings. The average Bonchev–Trinajstić information content (AvgIpc) is 2.86. The van der Waals surface area contributed by atoms with Crippen LogP contribution in [0.4, 0.5) is 11.6 Å². The second kappa shape index (κ2) is 5.97. The smallest absolute Gasteiger partial charge is 0.273 e. The highest BCUT2D eigenvalue weighted by Crippen LogP contribution is 2.50. The van der Waals surface area contributed by atoms with Crippen molar-refractivity contribution in [2.24, 2.45) is 0 Å². The molecule has 26 heavy (non-hydrogen) atoms. The molecule has 1 amide bonds. The Morgan fingerprint density at radius 1 is 1.08 bits per heavy atom. The highest BCUT2D eigenvalue weighted by Gasteiger charge is 2.52. The molecular weight excluding hydrogens is 326 g/mol. The third kappa shape index (κ3) is 2.28. The van der Waals surface area contributed by atoms with Gasteiger partial charge in [0.15, 0.2) is 5.82 Å². The fraction of sp³-hybridized carbons (Fsp3) is 0.450. The number of benzene rings is 1. The molecule has 6 nitrogen and oxygen atoms in total. The van der Waals surface area contributed by atoms with Crippen molar-refractivity contribution in [1.82, 2.24) is 15.0 Å². The summed E-state index contributed by atoms with van der Waals surface area (Å²) in [6.45, 7) is 6.00. The minimum atomic E-state index is -0.313. The summed E-state index contributed by atoms with van der Waals surface area (Å²) in [5.74, 6) is 1.05. The van der Waals surface area contributed by atoms with Crippen LogP contribution in [0.3, 0.4) is 0 Å². The molecule has 0 saturated heterocycles. The van der Waals surface area contributed by atoms with Crippen LogP contribution in [0.2, 0.25) is 0 Å². The van der Waals surface area contributed by atoms with Crippen LogP contribution in [0.15, 0.2) is 18.5 Å². The number of aryl methyl sites for hydroxylation is 2. The van der Waals surface area contributed by atoms with E-state index in [9.17, 15) is 4.79 Å². The molecule has 1 aromatic carbocycles. The van der Waals surface area contributed by atoms with Crippen LogP contribution >= 0.6 is 0 Å². The van der Waals surface area contributed by atoms with Gasteiger partial charge in [0.2, 0.25) is 0 Å². The molecule has 2 aliphatic rings. The van der Waals surface area contributed by atoms with Crippen LogP contribution in [0, 0.1) is 20.8 Å². The summed E-state index contributed by atoms with van der Waals surface area (Å²) in [6.07, 6.45) is 6.80. The molecule has 1 aromatic heterocycles. The van der Waals surface area contributed by atoms with Gasteiger partial charge in [0.05, 0.1) is 11.1 Å². The van der Waals surface area contributed by atoms with Crippen LogP contribution in [-0.4, -0.2) is 20.9 Å². The first-order chi connectivity index (χ1) is 12.5. The third-order valence-corrected chi connectivity index (χ3v) is 5.95. The number of anilines is 2. The summed E-state index contributed by atoms with van der Waals surface area (Å²) < 4.78 is 0. The minimum Gasteiger partial charge on any atom is -0.383 e. The summed E-state index contributed by atoms with van der Waals surface area (Å²) >= 11 is 0. The molecule has 1 fully saturated rings. The Bertz CT molecular complexity index is 886. The highest BCUT2D eigenvalue weighted by atomic mass is 16.2. The molecule has 1 spiro atoms. The van der Waals surface area contributed by atoms with Gasteiger partial charge in [-0.2, -0.15) is 0 Å². The van der Waals surface area contributed by atoms with Crippen molar-refractivity contribution in [3.8, 4) is 0 Å². The van der Waals surface area contributed by atoms with E-state index >= 15 is 0 Å². The van der Waals surface area contributed by atoms with Crippen molar-refractivity contribution in [2.45, 2.75) is 58.4 Å². The topological polar surface area (TPSA) is 84.1 Å². The molecule has 1 aliphatic heterocycles. The maximum Gasteiger partial charge on any atom is 0.273 e. The van der Waals surface area contributed by atoms with Crippen molar-refractivity contribution < 1.29 is 4.79 Å². The number of nitrogen functional groups attached to an aromatic ring is 1. The van der Waals surface area contributed by atoms with Crippen LogP contribution in [-0.2, 0) is 5.54 Å². The molecular formula is C20H25N5O. The van der Waals surface area contributed by atoms with Gasteiger partial charge in [0.25, 0.3) is 5.91 Å². The summed E-state index contributed by atoms with van der Waals surface area (Å²) in [7, 11) is 0. The molecule has 6 heteroatoms. The van der Waals surface area contributed by atoms with E-state index in [4.69, 9.17) is 5.73 Å². The zero-order valence-corrected chi connectivity index (χ0v) is 15.6. The quantitative estimate of drug-likeness (QED) is 0.863. The Kier molecular flexibility index (Phi) is 3.86. The standard InChI is InChI=1S/C20H25N5O/c1-12-7-8-13(2)16-15(12)19(26)25(20(16)9-5-4-6-10-20)24-18-14(3)17(21)22-11-23-18/h7-8,11H,4-6,9-10H2,1-3H3,(H3,21,22,23,24). The zero-order valence-electron chi connectivity index (χ0n) is 15.6. The van der Waals surface area contributed by atoms with Gasteiger partial charge in [-0.25, -0.2) is 15.0 Å². The summed E-state index contributed by atoms with van der Waals surface area (Å²) in [5, 5.41) is 1.82. The Hall–Kier alpha value is -2.63. The highest BCUT2D eigenvalue weighted by molar-refractivity contribution is 6.02. The number of nitrogens with one attached hydrogen (secondary N) is 1. The number of fused-ring (bicyclic) bond motifs is 2. The lowest BCUT2D eigenvalue weighted by Gasteiger charge is -2.42. The van der Waals surface area contributed by atoms with Crippen LogP contribution in [0.5, 0.6) is 0 Å². The van der Waals surface area contributed by atoms with E-state index in [0.717, 1.165) is 42.4 Å². The van der Waals surface area contributed by atoms with Crippen LogP contribution in [0.1, 0.15) is 64.7 Å². The lowest BCUT2D eigenvalue weighted by molar-refractivity contribution is 0.0521. The van der Waals surface area contributed by atoms with Gasteiger partial charge in [-0.05, 0) is 50.3 Å². The lowest BCUT2D eigenvalue weighted by atomic mass is 9.75. The normalized spacial score (nSPS) is 18.3. The third-order valence-electron chi connectivity index (χ3n) is 5.95. The number of hydrogen-bond acceptors (Lipinski definition) is 5. The molecule has 1 aliphatic carbocycles. The van der Waals surface area contributed by atoms with E-state index < -0.39 is 0 Å². The first kappa shape index (κ1) is 16.8. The van der Waals surface area contributed by atoms with E-state index in [1.807, 2.05) is 24.9 Å². The van der Waals surface area contributed by atoms with Gasteiger partial charge in [-0.15, -0.1) is 0 Å². The van der Waals surface area contributed by atoms with Gasteiger partial charge in [0.1, 0.15) is 12.1 Å². The SMILES string of the molecule is Cc1ccc(C)c2c1C(=O)N(Nc1ncnc(N)c1C)C21CCCCC1. The van der Waals surface area contributed by atoms with Gasteiger partial charge in [-0.1, -0.05) is 31.4 Å². The van der Waals surface area contributed by atoms with Crippen molar-refractivity contribution in [3.63, 3.8) is 0 Å². The van der Waals surface area contributed by atoms with E-state index in [1.54, 1.807) is 0 Å². The molecule has 0 unspecified atom stereocenters. The molecule has 136 valence electrons. The Balaban J connectivity index is 1.86. The number of aromatic nitrogens is 2. The van der Waals surface area contributed by atoms with Crippen molar-refractivity contribution in [3.05, 3.63) is 46.3 Å². The van der Waals surface area contributed by atoms with Gasteiger partial charge in [-0.3, -0.25) is 10.2 Å². The van der Waals surface area contributed by atoms with Crippen molar-refractivity contribution in [2.75, 3.05) is 11.2 Å².